The van der Waals surface area contributed by atoms with Crippen molar-refractivity contribution in [2.75, 3.05) is 26.2 Å². The van der Waals surface area contributed by atoms with Gasteiger partial charge in [-0.1, -0.05) is 36.8 Å². The Bertz CT molecular complexity index is 405. The summed E-state index contributed by atoms with van der Waals surface area (Å²) in [4.78, 5) is 5.21. The molecule has 3 nitrogen and oxygen atoms in total. The molecule has 1 aromatic rings. The van der Waals surface area contributed by atoms with Crippen LogP contribution in [-0.2, 0) is 6.54 Å². The average Bonchev–Trinajstić information content (AvgIpc) is 2.41. The van der Waals surface area contributed by atoms with Crippen molar-refractivity contribution < 1.29 is 5.11 Å². The molecule has 0 aromatic heterocycles. The van der Waals surface area contributed by atoms with E-state index in [1.165, 1.54) is 31.4 Å². The van der Waals surface area contributed by atoms with Crippen LogP contribution in [0.15, 0.2) is 30.3 Å². The Morgan fingerprint density at radius 1 is 1.10 bits per heavy atom. The van der Waals surface area contributed by atoms with Gasteiger partial charge in [-0.25, -0.2) is 0 Å². The van der Waals surface area contributed by atoms with Crippen LogP contribution >= 0.6 is 0 Å². The topological polar surface area (TPSA) is 26.7 Å². The van der Waals surface area contributed by atoms with E-state index in [2.05, 4.69) is 40.1 Å². The van der Waals surface area contributed by atoms with Crippen molar-refractivity contribution in [2.24, 2.45) is 0 Å². The zero-order valence-electron chi connectivity index (χ0n) is 12.2. The highest BCUT2D eigenvalue weighted by Gasteiger charge is 2.32. The number of hydrogen-bond acceptors (Lipinski definition) is 3. The first-order chi connectivity index (χ1) is 9.86. The third-order valence-corrected chi connectivity index (χ3v) is 4.92. The van der Waals surface area contributed by atoms with Crippen molar-refractivity contribution in [1.82, 2.24) is 9.80 Å². The maximum atomic E-state index is 9.35. The molecule has 110 valence electrons. The fourth-order valence-electron chi connectivity index (χ4n) is 3.45. The molecular weight excluding hydrogens is 248 g/mol. The molecule has 1 aromatic carbocycles. The molecular formula is C17H26N2O. The second-order valence-electron chi connectivity index (χ2n) is 6.20. The van der Waals surface area contributed by atoms with Gasteiger partial charge in [0.1, 0.15) is 0 Å². The van der Waals surface area contributed by atoms with Crippen LogP contribution in [0.5, 0.6) is 0 Å². The van der Waals surface area contributed by atoms with E-state index in [9.17, 15) is 5.11 Å². The van der Waals surface area contributed by atoms with Crippen LogP contribution in [0.2, 0.25) is 0 Å². The number of aliphatic hydroxyl groups excluding tert-OH is 1. The normalized spacial score (nSPS) is 25.6. The van der Waals surface area contributed by atoms with E-state index in [0.29, 0.717) is 12.6 Å². The van der Waals surface area contributed by atoms with Gasteiger partial charge in [-0.2, -0.15) is 0 Å². The first kappa shape index (κ1) is 14.1. The van der Waals surface area contributed by atoms with E-state index in [-0.39, 0.29) is 0 Å². The van der Waals surface area contributed by atoms with Gasteiger partial charge in [-0.05, 0) is 24.8 Å². The monoisotopic (exact) mass is 274 g/mol. The van der Waals surface area contributed by atoms with Crippen LogP contribution < -0.4 is 0 Å². The van der Waals surface area contributed by atoms with Crippen LogP contribution in [0.3, 0.4) is 0 Å². The minimum Gasteiger partial charge on any atom is -0.396 e. The maximum Gasteiger partial charge on any atom is 0.0446 e. The van der Waals surface area contributed by atoms with E-state index < -0.39 is 0 Å². The first-order valence-electron chi connectivity index (χ1n) is 7.99. The molecule has 0 unspecified atom stereocenters. The van der Waals surface area contributed by atoms with Crippen molar-refractivity contribution in [2.45, 2.75) is 44.3 Å². The average molecular weight is 274 g/mol. The molecule has 20 heavy (non-hydrogen) atoms. The Morgan fingerprint density at radius 2 is 1.90 bits per heavy atom. The summed E-state index contributed by atoms with van der Waals surface area (Å²) in [6.07, 6.45) is 5.06. The summed E-state index contributed by atoms with van der Waals surface area (Å²) in [5, 5.41) is 9.35. The van der Waals surface area contributed by atoms with E-state index >= 15 is 0 Å². The maximum absolute atomic E-state index is 9.35. The highest BCUT2D eigenvalue weighted by molar-refractivity contribution is 5.14. The summed E-state index contributed by atoms with van der Waals surface area (Å²) in [6.45, 7) is 4.78. The lowest BCUT2D eigenvalue weighted by atomic mass is 9.90. The zero-order chi connectivity index (χ0) is 13.8. The van der Waals surface area contributed by atoms with Crippen LogP contribution in [0.25, 0.3) is 0 Å². The molecule has 1 aliphatic heterocycles. The number of benzene rings is 1. The fraction of sp³-hybridized carbons (Fsp3) is 0.647. The van der Waals surface area contributed by atoms with E-state index in [1.807, 2.05) is 0 Å². The molecule has 1 heterocycles. The summed E-state index contributed by atoms with van der Waals surface area (Å²) in [7, 11) is 0. The lowest BCUT2D eigenvalue weighted by molar-refractivity contribution is 0.0112. The molecule has 3 rings (SSSR count). The Labute approximate surface area is 122 Å². The highest BCUT2D eigenvalue weighted by Crippen LogP contribution is 2.28. The second kappa shape index (κ2) is 6.70. The Kier molecular flexibility index (Phi) is 4.71. The Morgan fingerprint density at radius 3 is 2.55 bits per heavy atom. The SMILES string of the molecule is OCC[C@H]1CN(C2CCC2)CCN1Cc1ccccc1. The molecule has 2 fully saturated rings. The van der Waals surface area contributed by atoms with Gasteiger partial charge in [-0.3, -0.25) is 9.80 Å². The minimum atomic E-state index is 0.300. The van der Waals surface area contributed by atoms with Crippen LogP contribution in [-0.4, -0.2) is 53.2 Å². The molecule has 0 amide bonds. The van der Waals surface area contributed by atoms with E-state index in [1.54, 1.807) is 0 Å². The van der Waals surface area contributed by atoms with Gasteiger partial charge in [0.15, 0.2) is 0 Å². The van der Waals surface area contributed by atoms with Gasteiger partial charge >= 0.3 is 0 Å². The predicted octanol–water partition coefficient (Wildman–Crippen LogP) is 2.11. The van der Waals surface area contributed by atoms with Crippen molar-refractivity contribution in [3.8, 4) is 0 Å². The lowest BCUT2D eigenvalue weighted by Crippen LogP contribution is -2.57. The number of nitrogens with zero attached hydrogens (tertiary/aromatic N) is 2. The molecule has 0 radical (unpaired) electrons. The van der Waals surface area contributed by atoms with Crippen molar-refractivity contribution in [3.05, 3.63) is 35.9 Å². The molecule has 1 saturated carbocycles. The molecule has 3 heteroatoms. The molecule has 0 spiro atoms. The Balaban J connectivity index is 1.61. The summed E-state index contributed by atoms with van der Waals surface area (Å²) in [6, 6.07) is 12.0. The third kappa shape index (κ3) is 3.22. The van der Waals surface area contributed by atoms with Crippen molar-refractivity contribution in [3.63, 3.8) is 0 Å². The first-order valence-corrected chi connectivity index (χ1v) is 7.99. The molecule has 0 bridgehead atoms. The summed E-state index contributed by atoms with van der Waals surface area (Å²) in [5.41, 5.74) is 1.38. The van der Waals surface area contributed by atoms with Gasteiger partial charge in [0.2, 0.25) is 0 Å². The number of piperazine rings is 1. The van der Waals surface area contributed by atoms with Crippen molar-refractivity contribution >= 4 is 0 Å². The Hall–Kier alpha value is -0.900. The second-order valence-corrected chi connectivity index (χ2v) is 6.20. The molecule has 1 N–H and O–H groups in total. The predicted molar refractivity (Wildman–Crippen MR) is 81.6 cm³/mol. The third-order valence-electron chi connectivity index (χ3n) is 4.92. The highest BCUT2D eigenvalue weighted by atomic mass is 16.3. The van der Waals surface area contributed by atoms with Crippen molar-refractivity contribution in [1.29, 1.82) is 0 Å². The molecule has 1 saturated heterocycles. The quantitative estimate of drug-likeness (QED) is 0.891. The molecule has 1 aliphatic carbocycles. The fourth-order valence-corrected chi connectivity index (χ4v) is 3.45. The molecule has 1 atom stereocenters. The lowest BCUT2D eigenvalue weighted by Gasteiger charge is -2.47. The van der Waals surface area contributed by atoms with Gasteiger partial charge in [0.05, 0.1) is 0 Å². The summed E-state index contributed by atoms with van der Waals surface area (Å²) in [5.74, 6) is 0. The van der Waals surface area contributed by atoms with Gasteiger partial charge in [0, 0.05) is 44.9 Å². The number of rotatable bonds is 5. The van der Waals surface area contributed by atoms with E-state index in [0.717, 1.165) is 32.1 Å². The van der Waals surface area contributed by atoms with Gasteiger partial charge < -0.3 is 5.11 Å². The molecule has 2 aliphatic rings. The van der Waals surface area contributed by atoms with Crippen LogP contribution in [0.1, 0.15) is 31.2 Å². The summed E-state index contributed by atoms with van der Waals surface area (Å²) >= 11 is 0. The summed E-state index contributed by atoms with van der Waals surface area (Å²) < 4.78 is 0. The zero-order valence-corrected chi connectivity index (χ0v) is 12.2. The number of hydrogen-bond donors (Lipinski definition) is 1. The number of aliphatic hydroxyl groups is 1. The smallest absolute Gasteiger partial charge is 0.0446 e. The standard InChI is InChI=1S/C17H26N2O/c20-12-9-17-14-19(16-7-4-8-16)11-10-18(17)13-15-5-2-1-3-6-15/h1-3,5-6,16-17,20H,4,7-14H2/t17-/m0/s1. The van der Waals surface area contributed by atoms with E-state index in [4.69, 9.17) is 0 Å². The minimum absolute atomic E-state index is 0.300. The van der Waals surface area contributed by atoms with Crippen LogP contribution in [0, 0.1) is 0 Å². The van der Waals surface area contributed by atoms with Crippen LogP contribution in [0.4, 0.5) is 0 Å². The van der Waals surface area contributed by atoms with Gasteiger partial charge in [-0.15, -0.1) is 0 Å². The largest absolute Gasteiger partial charge is 0.396 e. The van der Waals surface area contributed by atoms with Gasteiger partial charge in [0.25, 0.3) is 0 Å².